The summed E-state index contributed by atoms with van der Waals surface area (Å²) in [7, 11) is 0. The topological polar surface area (TPSA) is 0 Å². The molecule has 0 amide bonds. The Hall–Kier alpha value is -0.0969. The van der Waals surface area contributed by atoms with Gasteiger partial charge in [-0.15, -0.1) is 0 Å². The molecule has 0 radical (unpaired) electrons. The largest absolute Gasteiger partial charge is 1.00 e. The van der Waals surface area contributed by atoms with Crippen LogP contribution >= 0.6 is 0 Å². The fourth-order valence-electron chi connectivity index (χ4n) is 3.47. The van der Waals surface area contributed by atoms with Crippen molar-refractivity contribution in [3.05, 3.63) is 61.5 Å². The van der Waals surface area contributed by atoms with Gasteiger partial charge in [0.2, 0.25) is 0 Å². The summed E-state index contributed by atoms with van der Waals surface area (Å²) in [6.07, 6.45) is 2.46. The zero-order valence-corrected chi connectivity index (χ0v) is 17.8. The first-order valence-electron chi connectivity index (χ1n) is 7.43. The first kappa shape index (κ1) is 19.9. The Balaban J connectivity index is 0.00000121. The molecule has 2 aliphatic carbocycles. The molecule has 0 aromatic heterocycles. The first-order chi connectivity index (χ1) is 9.50. The quantitative estimate of drug-likeness (QED) is 0.614. The van der Waals surface area contributed by atoms with Crippen molar-refractivity contribution in [1.29, 1.82) is 0 Å². The molecule has 1 aromatic rings. The summed E-state index contributed by atoms with van der Waals surface area (Å²) in [5.74, 6) is 0.683. The van der Waals surface area contributed by atoms with Gasteiger partial charge in [-0.05, 0) is 0 Å². The predicted molar refractivity (Wildman–Crippen MR) is 83.1 cm³/mol. The molecule has 2 atom stereocenters. The SMILES string of the molecule is CC1=CC(C)[C]([Zr+2][CH]2C(C)=C(C)c3ccccc32)=C1C.[Cl-].[Cl-]. The van der Waals surface area contributed by atoms with Crippen molar-refractivity contribution in [1.82, 2.24) is 0 Å². The maximum Gasteiger partial charge on any atom is -1.00 e. The third-order valence-electron chi connectivity index (χ3n) is 4.95. The Morgan fingerprint density at radius 1 is 0.909 bits per heavy atom. The Morgan fingerprint density at radius 3 is 2.14 bits per heavy atom. The maximum atomic E-state index is 2.46. The summed E-state index contributed by atoms with van der Waals surface area (Å²) in [6, 6.07) is 9.05. The van der Waals surface area contributed by atoms with Gasteiger partial charge in [0, 0.05) is 0 Å². The van der Waals surface area contributed by atoms with Crippen LogP contribution in [-0.2, 0) is 23.2 Å². The van der Waals surface area contributed by atoms with E-state index in [9.17, 15) is 0 Å². The van der Waals surface area contributed by atoms with Gasteiger partial charge in [0.15, 0.2) is 0 Å². The number of fused-ring (bicyclic) bond motifs is 1. The molecule has 2 unspecified atom stereocenters. The van der Waals surface area contributed by atoms with Crippen molar-refractivity contribution >= 4 is 5.57 Å². The molecular formula is C19H22Cl2Zr. The second-order valence-electron chi connectivity index (χ2n) is 6.15. The second-order valence-corrected chi connectivity index (χ2v) is 9.60. The van der Waals surface area contributed by atoms with E-state index in [1.807, 2.05) is 0 Å². The van der Waals surface area contributed by atoms with Crippen molar-refractivity contribution in [3.8, 4) is 0 Å². The molecule has 0 nitrogen and oxygen atoms in total. The zero-order valence-electron chi connectivity index (χ0n) is 13.8. The summed E-state index contributed by atoms with van der Waals surface area (Å²) in [5.41, 5.74) is 9.38. The summed E-state index contributed by atoms with van der Waals surface area (Å²) in [5, 5.41) is 0. The Labute approximate surface area is 158 Å². The Bertz CT molecular complexity index is 668. The van der Waals surface area contributed by atoms with E-state index in [-0.39, 0.29) is 24.8 Å². The van der Waals surface area contributed by atoms with E-state index in [2.05, 4.69) is 65.0 Å². The normalized spacial score (nSPS) is 22.7. The van der Waals surface area contributed by atoms with E-state index in [1.165, 1.54) is 16.7 Å². The van der Waals surface area contributed by atoms with Crippen LogP contribution in [0, 0.1) is 5.92 Å². The van der Waals surface area contributed by atoms with Gasteiger partial charge in [0.25, 0.3) is 0 Å². The second kappa shape index (κ2) is 7.65. The fourth-order valence-corrected chi connectivity index (χ4v) is 8.17. The number of benzene rings is 1. The van der Waals surface area contributed by atoms with Crippen molar-refractivity contribution < 1.29 is 48.0 Å². The van der Waals surface area contributed by atoms with Crippen LogP contribution in [0.25, 0.3) is 5.57 Å². The Morgan fingerprint density at radius 2 is 1.55 bits per heavy atom. The van der Waals surface area contributed by atoms with Gasteiger partial charge in [-0.25, -0.2) is 0 Å². The predicted octanol–water partition coefficient (Wildman–Crippen LogP) is -0.505. The number of hydrogen-bond donors (Lipinski definition) is 0. The molecule has 2 aliphatic rings. The van der Waals surface area contributed by atoms with Gasteiger partial charge in [-0.1, -0.05) is 0 Å². The molecule has 116 valence electrons. The van der Waals surface area contributed by atoms with E-state index in [0.717, 1.165) is 3.63 Å². The third kappa shape index (κ3) is 3.23. The van der Waals surface area contributed by atoms with Crippen LogP contribution in [0.2, 0.25) is 0 Å². The van der Waals surface area contributed by atoms with Gasteiger partial charge in [-0.2, -0.15) is 0 Å². The molecule has 3 heteroatoms. The summed E-state index contributed by atoms with van der Waals surface area (Å²) >= 11 is -0.608. The molecule has 0 heterocycles. The molecule has 0 spiro atoms. The standard InChI is InChI=1S/C11H11.C8H11.2ClH.Zr/c1-8-7-10-5-3-4-6-11(10)9(8)2;1-6-4-7(2)8(3)5-6;;;/h3-7H,1-2H3;4,6H,1-3H3;2*1H;/q;;;;+2/p-2. The summed E-state index contributed by atoms with van der Waals surface area (Å²) in [6.45, 7) is 11.6. The fraction of sp³-hybridized carbons (Fsp3) is 0.368. The molecule has 0 aliphatic heterocycles. The third-order valence-corrected chi connectivity index (χ3v) is 10.3. The zero-order chi connectivity index (χ0) is 14.4. The van der Waals surface area contributed by atoms with Gasteiger partial charge in [0.1, 0.15) is 0 Å². The Kier molecular flexibility index (Phi) is 6.94. The van der Waals surface area contributed by atoms with Crippen LogP contribution < -0.4 is 24.8 Å². The van der Waals surface area contributed by atoms with Crippen LogP contribution in [0.3, 0.4) is 0 Å². The molecule has 22 heavy (non-hydrogen) atoms. The van der Waals surface area contributed by atoms with Crippen molar-refractivity contribution in [2.45, 2.75) is 38.2 Å². The summed E-state index contributed by atoms with van der Waals surface area (Å²) in [4.78, 5) is 0. The van der Waals surface area contributed by atoms with Crippen molar-refractivity contribution in [3.63, 3.8) is 0 Å². The summed E-state index contributed by atoms with van der Waals surface area (Å²) < 4.78 is 2.56. The van der Waals surface area contributed by atoms with E-state index >= 15 is 0 Å². The first-order valence-corrected chi connectivity index (χ1v) is 10.1. The number of hydrogen-bond acceptors (Lipinski definition) is 0. The maximum absolute atomic E-state index is 2.46. The van der Waals surface area contributed by atoms with Gasteiger partial charge >= 0.3 is 134 Å². The molecule has 0 fully saturated rings. The minimum absolute atomic E-state index is 0. The molecule has 0 N–H and O–H groups in total. The smallest absolute Gasteiger partial charge is 1.00 e. The van der Waals surface area contributed by atoms with Crippen LogP contribution in [-0.4, -0.2) is 0 Å². The van der Waals surface area contributed by atoms with Crippen LogP contribution in [0.4, 0.5) is 0 Å². The van der Waals surface area contributed by atoms with E-state index in [1.54, 1.807) is 20.0 Å². The van der Waals surface area contributed by atoms with Gasteiger partial charge in [-0.3, -0.25) is 0 Å². The van der Waals surface area contributed by atoms with Crippen molar-refractivity contribution in [2.75, 3.05) is 0 Å². The number of halogens is 2. The average molecular weight is 413 g/mol. The van der Waals surface area contributed by atoms with E-state index in [4.69, 9.17) is 0 Å². The molecular weight excluding hydrogens is 390 g/mol. The van der Waals surface area contributed by atoms with E-state index in [0.29, 0.717) is 5.92 Å². The van der Waals surface area contributed by atoms with E-state index < -0.39 is 23.2 Å². The van der Waals surface area contributed by atoms with Gasteiger partial charge in [0.05, 0.1) is 0 Å². The van der Waals surface area contributed by atoms with Crippen LogP contribution in [0.15, 0.2) is 50.3 Å². The molecule has 0 bridgehead atoms. The minimum Gasteiger partial charge on any atom is -1.00 e. The van der Waals surface area contributed by atoms with Crippen molar-refractivity contribution in [2.24, 2.45) is 5.92 Å². The average Bonchev–Trinajstić information content (AvgIpc) is 2.82. The molecule has 0 saturated heterocycles. The number of rotatable bonds is 2. The molecule has 3 rings (SSSR count). The molecule has 0 saturated carbocycles. The van der Waals surface area contributed by atoms with Gasteiger partial charge < -0.3 is 24.8 Å². The monoisotopic (exact) mass is 410 g/mol. The molecule has 1 aromatic carbocycles. The van der Waals surface area contributed by atoms with Crippen LogP contribution in [0.1, 0.15) is 49.4 Å². The van der Waals surface area contributed by atoms with Crippen LogP contribution in [0.5, 0.6) is 0 Å². The number of allylic oxidation sites excluding steroid dienone is 6. The minimum atomic E-state index is -0.608.